The van der Waals surface area contributed by atoms with E-state index in [-0.39, 0.29) is 12.2 Å². The number of nitrogens with one attached hydrogen (secondary N) is 3. The highest BCUT2D eigenvalue weighted by atomic mass is 16.2. The van der Waals surface area contributed by atoms with Crippen molar-refractivity contribution < 1.29 is 19.2 Å². The van der Waals surface area contributed by atoms with Crippen LogP contribution in [-0.2, 0) is 9.59 Å². The Labute approximate surface area is 143 Å². The number of aromatic nitrogens is 1. The van der Waals surface area contributed by atoms with Gasteiger partial charge in [-0.15, -0.1) is 6.58 Å². The van der Waals surface area contributed by atoms with Crippen LogP contribution >= 0.6 is 0 Å². The third-order valence-corrected chi connectivity index (χ3v) is 3.45. The summed E-state index contributed by atoms with van der Waals surface area (Å²) in [6.07, 6.45) is 5.76. The average molecular weight is 343 g/mol. The lowest BCUT2D eigenvalue weighted by Gasteiger charge is -2.30. The fourth-order valence-electron chi connectivity index (χ4n) is 2.20. The van der Waals surface area contributed by atoms with Crippen LogP contribution in [0.1, 0.15) is 17.3 Å². The van der Waals surface area contributed by atoms with Crippen LogP contribution in [-0.4, -0.2) is 40.2 Å². The molecule has 0 aromatic carbocycles. The number of carbonyl (C=O) groups is 4. The second kappa shape index (κ2) is 7.86. The third kappa shape index (κ3) is 3.89. The van der Waals surface area contributed by atoms with Gasteiger partial charge in [0.15, 0.2) is 5.92 Å². The SMILES string of the molecule is C=CCN1C(=O)NC(=O)[C@@H](/C(=C\C)NNC(=O)c2ccncc2)C1=O. The molecule has 1 aliphatic rings. The van der Waals surface area contributed by atoms with Crippen LogP contribution in [0, 0.1) is 5.92 Å². The predicted molar refractivity (Wildman–Crippen MR) is 87.5 cm³/mol. The average Bonchev–Trinajstić information content (AvgIpc) is 2.61. The van der Waals surface area contributed by atoms with Crippen LogP contribution < -0.4 is 16.2 Å². The van der Waals surface area contributed by atoms with Gasteiger partial charge in [-0.25, -0.2) is 4.79 Å². The first kappa shape index (κ1) is 17.9. The largest absolute Gasteiger partial charge is 0.331 e. The molecule has 1 fully saturated rings. The van der Waals surface area contributed by atoms with Gasteiger partial charge < -0.3 is 5.43 Å². The van der Waals surface area contributed by atoms with Crippen LogP contribution in [0.25, 0.3) is 0 Å². The number of nitrogens with zero attached hydrogens (tertiary/aromatic N) is 2. The number of hydrogen-bond acceptors (Lipinski definition) is 6. The van der Waals surface area contributed by atoms with Gasteiger partial charge in [0, 0.05) is 30.2 Å². The number of urea groups is 1. The first-order valence-corrected chi connectivity index (χ1v) is 7.39. The molecule has 2 heterocycles. The van der Waals surface area contributed by atoms with Gasteiger partial charge in [-0.05, 0) is 19.1 Å². The summed E-state index contributed by atoms with van der Waals surface area (Å²) in [6, 6.07) is 2.22. The molecule has 3 N–H and O–H groups in total. The summed E-state index contributed by atoms with van der Waals surface area (Å²) < 4.78 is 0. The zero-order valence-electron chi connectivity index (χ0n) is 13.5. The molecule has 1 aliphatic heterocycles. The number of barbiturate groups is 1. The van der Waals surface area contributed by atoms with Crippen molar-refractivity contribution in [3.8, 4) is 0 Å². The number of imide groups is 2. The Morgan fingerprint density at radius 3 is 2.60 bits per heavy atom. The molecule has 0 aliphatic carbocycles. The van der Waals surface area contributed by atoms with E-state index in [1.807, 2.05) is 0 Å². The molecule has 0 spiro atoms. The minimum absolute atomic E-state index is 0.0329. The molecule has 9 heteroatoms. The van der Waals surface area contributed by atoms with E-state index in [0.717, 1.165) is 4.90 Å². The van der Waals surface area contributed by atoms with Gasteiger partial charge in [0.1, 0.15) is 0 Å². The Hall–Kier alpha value is -3.49. The zero-order chi connectivity index (χ0) is 18.4. The molecule has 0 bridgehead atoms. The second-order valence-corrected chi connectivity index (χ2v) is 5.02. The highest BCUT2D eigenvalue weighted by molar-refractivity contribution is 6.17. The number of pyridine rings is 1. The van der Waals surface area contributed by atoms with Crippen molar-refractivity contribution in [2.24, 2.45) is 5.92 Å². The summed E-state index contributed by atoms with van der Waals surface area (Å²) in [5.41, 5.74) is 5.47. The number of carbonyl (C=O) groups excluding carboxylic acids is 4. The number of amides is 5. The molecular weight excluding hydrogens is 326 g/mol. The second-order valence-electron chi connectivity index (χ2n) is 5.02. The maximum atomic E-state index is 12.4. The molecule has 0 saturated carbocycles. The fourth-order valence-corrected chi connectivity index (χ4v) is 2.20. The number of rotatable bonds is 6. The first-order chi connectivity index (χ1) is 12.0. The maximum absolute atomic E-state index is 12.4. The minimum Gasteiger partial charge on any atom is -0.301 e. The van der Waals surface area contributed by atoms with Gasteiger partial charge in [-0.2, -0.15) is 0 Å². The maximum Gasteiger partial charge on any atom is 0.331 e. The summed E-state index contributed by atoms with van der Waals surface area (Å²) in [6.45, 7) is 5.03. The van der Waals surface area contributed by atoms with E-state index in [9.17, 15) is 19.2 Å². The lowest BCUT2D eigenvalue weighted by molar-refractivity contribution is -0.140. The highest BCUT2D eigenvalue weighted by Gasteiger charge is 2.42. The number of hydrazine groups is 1. The Morgan fingerprint density at radius 1 is 1.32 bits per heavy atom. The lowest BCUT2D eigenvalue weighted by atomic mass is 10.0. The summed E-state index contributed by atoms with van der Waals surface area (Å²) in [7, 11) is 0. The van der Waals surface area contributed by atoms with Crippen molar-refractivity contribution in [3.63, 3.8) is 0 Å². The Kier molecular flexibility index (Phi) is 5.62. The Bertz CT molecular complexity index is 744. The van der Waals surface area contributed by atoms with Gasteiger partial charge in [-0.1, -0.05) is 12.2 Å². The van der Waals surface area contributed by atoms with Crippen molar-refractivity contribution >= 4 is 23.8 Å². The van der Waals surface area contributed by atoms with Crippen molar-refractivity contribution in [2.75, 3.05) is 6.54 Å². The molecule has 1 aromatic heterocycles. The van der Waals surface area contributed by atoms with E-state index in [4.69, 9.17) is 0 Å². The molecule has 130 valence electrons. The number of allylic oxidation sites excluding steroid dienone is 1. The third-order valence-electron chi connectivity index (χ3n) is 3.45. The van der Waals surface area contributed by atoms with E-state index in [0.29, 0.717) is 5.56 Å². The van der Waals surface area contributed by atoms with Gasteiger partial charge in [0.25, 0.3) is 5.91 Å². The molecular formula is C16H17N5O4. The molecule has 1 aromatic rings. The van der Waals surface area contributed by atoms with Gasteiger partial charge in [0.2, 0.25) is 11.8 Å². The molecule has 0 radical (unpaired) electrons. The van der Waals surface area contributed by atoms with Gasteiger partial charge in [0.05, 0.1) is 0 Å². The summed E-state index contributed by atoms with van der Waals surface area (Å²) in [4.78, 5) is 53.0. The standard InChI is InChI=1S/C16H17N5O4/c1-3-9-21-15(24)12(14(23)18-16(21)25)11(4-2)19-20-13(22)10-5-7-17-8-6-10/h3-8,12,19H,1,9H2,2H3,(H,20,22)(H,18,23,25)/b11-4+/t12-/m1/s1. The summed E-state index contributed by atoms with van der Waals surface area (Å²) in [5, 5.41) is 2.11. The van der Waals surface area contributed by atoms with Gasteiger partial charge >= 0.3 is 6.03 Å². The van der Waals surface area contributed by atoms with Crippen LogP contribution in [0.4, 0.5) is 4.79 Å². The smallest absolute Gasteiger partial charge is 0.301 e. The van der Waals surface area contributed by atoms with E-state index in [2.05, 4.69) is 27.7 Å². The molecule has 5 amide bonds. The van der Waals surface area contributed by atoms with Crippen LogP contribution in [0.2, 0.25) is 0 Å². The molecule has 1 saturated heterocycles. The highest BCUT2D eigenvalue weighted by Crippen LogP contribution is 2.17. The molecule has 2 rings (SSSR count). The molecule has 9 nitrogen and oxygen atoms in total. The summed E-state index contributed by atoms with van der Waals surface area (Å²) >= 11 is 0. The predicted octanol–water partition coefficient (Wildman–Crippen LogP) is 0.100. The van der Waals surface area contributed by atoms with Crippen LogP contribution in [0.15, 0.2) is 49.0 Å². The molecule has 0 unspecified atom stereocenters. The normalized spacial score (nSPS) is 17.8. The first-order valence-electron chi connectivity index (χ1n) is 7.39. The molecule has 25 heavy (non-hydrogen) atoms. The lowest BCUT2D eigenvalue weighted by Crippen LogP contribution is -2.60. The van der Waals surface area contributed by atoms with Crippen molar-refractivity contribution in [3.05, 3.63) is 54.5 Å². The van der Waals surface area contributed by atoms with Crippen molar-refractivity contribution in [1.29, 1.82) is 0 Å². The zero-order valence-corrected chi connectivity index (χ0v) is 13.5. The minimum atomic E-state index is -1.28. The summed E-state index contributed by atoms with van der Waals surface area (Å²) in [5.74, 6) is -3.22. The van der Waals surface area contributed by atoms with Crippen molar-refractivity contribution in [2.45, 2.75) is 6.92 Å². The van der Waals surface area contributed by atoms with Gasteiger partial charge in [-0.3, -0.25) is 35.0 Å². The molecule has 1 atom stereocenters. The van der Waals surface area contributed by atoms with Crippen LogP contribution in [0.5, 0.6) is 0 Å². The van der Waals surface area contributed by atoms with E-state index in [1.165, 1.54) is 36.7 Å². The van der Waals surface area contributed by atoms with E-state index >= 15 is 0 Å². The van der Waals surface area contributed by atoms with Crippen molar-refractivity contribution in [1.82, 2.24) is 26.1 Å². The Balaban J connectivity index is 2.12. The van der Waals surface area contributed by atoms with E-state index < -0.39 is 29.7 Å². The van der Waals surface area contributed by atoms with E-state index in [1.54, 1.807) is 6.92 Å². The topological polar surface area (TPSA) is 120 Å². The monoisotopic (exact) mass is 343 g/mol. The van der Waals surface area contributed by atoms with Crippen LogP contribution in [0.3, 0.4) is 0 Å². The quantitative estimate of drug-likeness (QED) is 0.383. The Morgan fingerprint density at radius 2 is 2.00 bits per heavy atom. The fraction of sp³-hybridized carbons (Fsp3) is 0.188. The number of hydrogen-bond donors (Lipinski definition) is 3.